The molecule has 0 saturated heterocycles. The van der Waals surface area contributed by atoms with Gasteiger partial charge in [-0.3, -0.25) is 4.21 Å². The second-order valence-electron chi connectivity index (χ2n) is 4.36. The van der Waals surface area contributed by atoms with Crippen LogP contribution in [0.25, 0.3) is 0 Å². The van der Waals surface area contributed by atoms with E-state index in [-0.39, 0.29) is 0 Å². The first kappa shape index (κ1) is 14.2. The number of ether oxygens (including phenoxy) is 1. The maximum absolute atomic E-state index is 11.6. The summed E-state index contributed by atoms with van der Waals surface area (Å²) in [4.78, 5) is 0. The molecule has 0 spiro atoms. The minimum atomic E-state index is -0.789. The van der Waals surface area contributed by atoms with Gasteiger partial charge in [0.15, 0.2) is 0 Å². The zero-order valence-corrected chi connectivity index (χ0v) is 11.3. The van der Waals surface area contributed by atoms with E-state index >= 15 is 0 Å². The van der Waals surface area contributed by atoms with Crippen LogP contribution in [-0.2, 0) is 17.3 Å². The SMILES string of the molecule is CC(C)CS(=O)CCOc1ccccc1CN. The molecule has 0 saturated carbocycles. The van der Waals surface area contributed by atoms with Gasteiger partial charge in [0.05, 0.1) is 12.4 Å². The van der Waals surface area contributed by atoms with Gasteiger partial charge in [-0.25, -0.2) is 0 Å². The van der Waals surface area contributed by atoms with E-state index in [1.807, 2.05) is 24.3 Å². The van der Waals surface area contributed by atoms with Crippen molar-refractivity contribution in [1.82, 2.24) is 0 Å². The Morgan fingerprint density at radius 1 is 1.35 bits per heavy atom. The lowest BCUT2D eigenvalue weighted by molar-refractivity contribution is 0.339. The molecule has 4 heteroatoms. The predicted molar refractivity (Wildman–Crippen MR) is 72.5 cm³/mol. The van der Waals surface area contributed by atoms with Crippen LogP contribution in [-0.4, -0.2) is 22.3 Å². The quantitative estimate of drug-likeness (QED) is 0.810. The van der Waals surface area contributed by atoms with Gasteiger partial charge in [0.1, 0.15) is 5.75 Å². The van der Waals surface area contributed by atoms with Gasteiger partial charge in [0.25, 0.3) is 0 Å². The van der Waals surface area contributed by atoms with Gasteiger partial charge in [-0.15, -0.1) is 0 Å². The molecule has 96 valence electrons. The highest BCUT2D eigenvalue weighted by atomic mass is 32.2. The third-order valence-corrected chi connectivity index (χ3v) is 3.94. The van der Waals surface area contributed by atoms with Crippen molar-refractivity contribution in [2.45, 2.75) is 20.4 Å². The number of benzene rings is 1. The summed E-state index contributed by atoms with van der Waals surface area (Å²) in [6.07, 6.45) is 0. The van der Waals surface area contributed by atoms with Gasteiger partial charge >= 0.3 is 0 Å². The molecule has 2 N–H and O–H groups in total. The summed E-state index contributed by atoms with van der Waals surface area (Å²) in [5.74, 6) is 2.59. The maximum atomic E-state index is 11.6. The highest BCUT2D eigenvalue weighted by molar-refractivity contribution is 7.85. The van der Waals surface area contributed by atoms with Crippen LogP contribution in [0.4, 0.5) is 0 Å². The minimum Gasteiger partial charge on any atom is -0.492 e. The molecule has 0 heterocycles. The van der Waals surface area contributed by atoms with Gasteiger partial charge in [-0.2, -0.15) is 0 Å². The predicted octanol–water partition coefficient (Wildman–Crippen LogP) is 1.93. The van der Waals surface area contributed by atoms with Crippen molar-refractivity contribution in [3.8, 4) is 5.75 Å². The van der Waals surface area contributed by atoms with E-state index in [9.17, 15) is 4.21 Å². The van der Waals surface area contributed by atoms with Crippen LogP contribution in [0, 0.1) is 5.92 Å². The van der Waals surface area contributed by atoms with Gasteiger partial charge in [-0.1, -0.05) is 32.0 Å². The number of hydrogen-bond donors (Lipinski definition) is 1. The zero-order chi connectivity index (χ0) is 12.7. The summed E-state index contributed by atoms with van der Waals surface area (Å²) in [5.41, 5.74) is 6.60. The van der Waals surface area contributed by atoms with Crippen LogP contribution in [0.3, 0.4) is 0 Å². The van der Waals surface area contributed by atoms with E-state index in [2.05, 4.69) is 13.8 Å². The average molecular weight is 255 g/mol. The molecule has 0 radical (unpaired) electrons. The van der Waals surface area contributed by atoms with Gasteiger partial charge in [-0.05, 0) is 12.0 Å². The molecular weight excluding hydrogens is 234 g/mol. The molecular formula is C13H21NO2S. The standard InChI is InChI=1S/C13H21NO2S/c1-11(2)10-17(15)8-7-16-13-6-4-3-5-12(13)9-14/h3-6,11H,7-10,14H2,1-2H3. The Labute approximate surface area is 106 Å². The molecule has 1 unspecified atom stereocenters. The molecule has 1 aromatic rings. The number of rotatable bonds is 7. The Morgan fingerprint density at radius 3 is 2.71 bits per heavy atom. The van der Waals surface area contributed by atoms with Gasteiger partial charge in [0, 0.05) is 28.7 Å². The second kappa shape index (κ2) is 7.45. The third kappa shape index (κ3) is 5.33. The molecule has 0 bridgehead atoms. The van der Waals surface area contributed by atoms with E-state index in [1.165, 1.54) is 0 Å². The van der Waals surface area contributed by atoms with Crippen molar-refractivity contribution in [3.05, 3.63) is 29.8 Å². The summed E-state index contributed by atoms with van der Waals surface area (Å²) in [7, 11) is -0.789. The first-order valence-electron chi connectivity index (χ1n) is 5.89. The smallest absolute Gasteiger partial charge is 0.123 e. The highest BCUT2D eigenvalue weighted by Crippen LogP contribution is 2.16. The van der Waals surface area contributed by atoms with Crippen molar-refractivity contribution >= 4 is 10.8 Å². The van der Waals surface area contributed by atoms with E-state index in [0.717, 1.165) is 17.1 Å². The van der Waals surface area contributed by atoms with E-state index in [4.69, 9.17) is 10.5 Å². The Morgan fingerprint density at radius 2 is 2.06 bits per heavy atom. The molecule has 0 aliphatic heterocycles. The average Bonchev–Trinajstić information content (AvgIpc) is 2.28. The van der Waals surface area contributed by atoms with Crippen LogP contribution in [0.1, 0.15) is 19.4 Å². The first-order chi connectivity index (χ1) is 8.13. The van der Waals surface area contributed by atoms with Crippen LogP contribution < -0.4 is 10.5 Å². The summed E-state index contributed by atoms with van der Waals surface area (Å²) in [5, 5.41) is 0. The second-order valence-corrected chi connectivity index (χ2v) is 5.99. The van der Waals surface area contributed by atoms with Crippen molar-refractivity contribution in [2.24, 2.45) is 11.7 Å². The normalized spacial score (nSPS) is 12.7. The zero-order valence-electron chi connectivity index (χ0n) is 10.5. The Kier molecular flexibility index (Phi) is 6.22. The fourth-order valence-electron chi connectivity index (χ4n) is 1.51. The molecule has 0 aliphatic rings. The van der Waals surface area contributed by atoms with Crippen LogP contribution in [0.15, 0.2) is 24.3 Å². The van der Waals surface area contributed by atoms with Crippen LogP contribution in [0.2, 0.25) is 0 Å². The molecule has 17 heavy (non-hydrogen) atoms. The topological polar surface area (TPSA) is 52.3 Å². The van der Waals surface area contributed by atoms with Crippen LogP contribution in [0.5, 0.6) is 5.75 Å². The van der Waals surface area contributed by atoms with Crippen LogP contribution >= 0.6 is 0 Å². The summed E-state index contributed by atoms with van der Waals surface area (Å²) >= 11 is 0. The molecule has 3 nitrogen and oxygen atoms in total. The minimum absolute atomic E-state index is 0.464. The van der Waals surface area contributed by atoms with Crippen molar-refractivity contribution in [1.29, 1.82) is 0 Å². The van der Waals surface area contributed by atoms with Crippen molar-refractivity contribution in [3.63, 3.8) is 0 Å². The van der Waals surface area contributed by atoms with E-state index in [0.29, 0.717) is 24.8 Å². The number of para-hydroxylation sites is 1. The molecule has 0 fully saturated rings. The molecule has 0 amide bonds. The number of hydrogen-bond acceptors (Lipinski definition) is 3. The lowest BCUT2D eigenvalue weighted by atomic mass is 10.2. The van der Waals surface area contributed by atoms with Gasteiger partial charge < -0.3 is 10.5 Å². The first-order valence-corrected chi connectivity index (χ1v) is 7.38. The fraction of sp³-hybridized carbons (Fsp3) is 0.538. The summed E-state index contributed by atoms with van der Waals surface area (Å²) < 4.78 is 17.2. The number of nitrogens with two attached hydrogens (primary N) is 1. The molecule has 1 rings (SSSR count). The largest absolute Gasteiger partial charge is 0.492 e. The lowest BCUT2D eigenvalue weighted by Gasteiger charge is -2.10. The Balaban J connectivity index is 2.38. The van der Waals surface area contributed by atoms with Gasteiger partial charge in [0.2, 0.25) is 0 Å². The highest BCUT2D eigenvalue weighted by Gasteiger charge is 2.05. The van der Waals surface area contributed by atoms with Crippen molar-refractivity contribution in [2.75, 3.05) is 18.1 Å². The van der Waals surface area contributed by atoms with Crippen molar-refractivity contribution < 1.29 is 8.95 Å². The molecule has 0 aromatic heterocycles. The van der Waals surface area contributed by atoms with E-state index in [1.54, 1.807) is 0 Å². The Hall–Kier alpha value is -0.870. The summed E-state index contributed by atoms with van der Waals surface area (Å²) in [6.45, 7) is 5.09. The monoisotopic (exact) mass is 255 g/mol. The molecule has 0 aliphatic carbocycles. The maximum Gasteiger partial charge on any atom is 0.123 e. The lowest BCUT2D eigenvalue weighted by Crippen LogP contribution is -2.14. The molecule has 1 atom stereocenters. The molecule has 1 aromatic carbocycles. The third-order valence-electron chi connectivity index (χ3n) is 2.28. The van der Waals surface area contributed by atoms with E-state index < -0.39 is 10.8 Å². The summed E-state index contributed by atoms with van der Waals surface area (Å²) in [6, 6.07) is 7.69. The fourth-order valence-corrected chi connectivity index (χ4v) is 2.69. The Bertz CT molecular complexity index is 366.